The van der Waals surface area contributed by atoms with Gasteiger partial charge in [0.15, 0.2) is 0 Å². The van der Waals surface area contributed by atoms with Crippen LogP contribution in [0.1, 0.15) is 17.3 Å². The third-order valence-corrected chi connectivity index (χ3v) is 2.59. The van der Waals surface area contributed by atoms with Gasteiger partial charge in [0.05, 0.1) is 5.56 Å². The number of phenolic OH excluding ortho intramolecular Hbond substituents is 1. The molecule has 0 spiro atoms. The Morgan fingerprint density at radius 2 is 2.06 bits per heavy atom. The summed E-state index contributed by atoms with van der Waals surface area (Å²) in [6.07, 6.45) is 0. The van der Waals surface area contributed by atoms with Crippen LogP contribution in [0, 0.1) is 3.57 Å². The molecule has 0 bridgehead atoms. The Bertz CT molecular complexity index is 433. The molecule has 0 aliphatic carbocycles. The predicted molar refractivity (Wildman–Crippen MR) is 65.4 cm³/mol. The number of benzene rings is 1. The van der Waals surface area contributed by atoms with E-state index in [2.05, 4.69) is 5.32 Å². The summed E-state index contributed by atoms with van der Waals surface area (Å²) in [6, 6.07) is 3.53. The Morgan fingerprint density at radius 1 is 1.44 bits per heavy atom. The molecule has 0 aliphatic heterocycles. The molecule has 1 aromatic carbocycles. The second-order valence-corrected chi connectivity index (χ2v) is 4.44. The van der Waals surface area contributed by atoms with Gasteiger partial charge in [0, 0.05) is 3.57 Å². The van der Waals surface area contributed by atoms with Gasteiger partial charge in [-0.15, -0.1) is 0 Å². The number of nitrogens with one attached hydrogen (secondary N) is 1. The van der Waals surface area contributed by atoms with Crippen LogP contribution in [0.2, 0.25) is 0 Å². The fourth-order valence-corrected chi connectivity index (χ4v) is 1.52. The number of carboxylic acid groups (broad SMARTS) is 1. The molecule has 0 aliphatic rings. The van der Waals surface area contributed by atoms with E-state index in [4.69, 9.17) is 5.11 Å². The number of carbonyl (C=O) groups excluding carboxylic acids is 1. The molecular formula is C10H10INO4. The summed E-state index contributed by atoms with van der Waals surface area (Å²) in [5.41, 5.74) is 0.0694. The number of aliphatic carboxylic acids is 1. The number of phenols is 1. The van der Waals surface area contributed by atoms with Crippen molar-refractivity contribution in [3.05, 3.63) is 27.3 Å². The molecule has 0 aromatic heterocycles. The molecule has 0 heterocycles. The van der Waals surface area contributed by atoms with Crippen LogP contribution in [0.25, 0.3) is 0 Å². The van der Waals surface area contributed by atoms with E-state index >= 15 is 0 Å². The molecule has 0 saturated heterocycles. The maximum Gasteiger partial charge on any atom is 0.325 e. The largest absolute Gasteiger partial charge is 0.507 e. The number of amides is 1. The average molecular weight is 335 g/mol. The van der Waals surface area contributed by atoms with Crippen LogP contribution in [-0.4, -0.2) is 28.1 Å². The fourth-order valence-electron chi connectivity index (χ4n) is 1.03. The lowest BCUT2D eigenvalue weighted by Crippen LogP contribution is -2.38. The highest BCUT2D eigenvalue weighted by Gasteiger charge is 2.17. The molecule has 86 valence electrons. The van der Waals surface area contributed by atoms with Crippen molar-refractivity contribution in [3.8, 4) is 5.75 Å². The van der Waals surface area contributed by atoms with Gasteiger partial charge in [0.25, 0.3) is 5.91 Å². The smallest absolute Gasteiger partial charge is 0.325 e. The van der Waals surface area contributed by atoms with Crippen molar-refractivity contribution in [3.63, 3.8) is 0 Å². The molecule has 16 heavy (non-hydrogen) atoms. The first kappa shape index (κ1) is 12.8. The van der Waals surface area contributed by atoms with E-state index in [9.17, 15) is 14.7 Å². The summed E-state index contributed by atoms with van der Waals surface area (Å²) in [6.45, 7) is 1.35. The van der Waals surface area contributed by atoms with Crippen molar-refractivity contribution in [2.75, 3.05) is 0 Å². The molecule has 0 fully saturated rings. The zero-order valence-corrected chi connectivity index (χ0v) is 10.6. The summed E-state index contributed by atoms with van der Waals surface area (Å²) in [5, 5.41) is 20.3. The number of aromatic hydroxyl groups is 1. The minimum atomic E-state index is -1.13. The first-order valence-electron chi connectivity index (χ1n) is 4.44. The highest BCUT2D eigenvalue weighted by molar-refractivity contribution is 14.1. The number of rotatable bonds is 3. The second kappa shape index (κ2) is 5.15. The van der Waals surface area contributed by atoms with E-state index in [0.717, 1.165) is 3.57 Å². The minimum absolute atomic E-state index is 0.0694. The van der Waals surface area contributed by atoms with Crippen LogP contribution in [0.4, 0.5) is 0 Å². The van der Waals surface area contributed by atoms with E-state index in [1.54, 1.807) is 6.07 Å². The van der Waals surface area contributed by atoms with Crippen LogP contribution < -0.4 is 5.32 Å². The van der Waals surface area contributed by atoms with Gasteiger partial charge in [0.2, 0.25) is 0 Å². The highest BCUT2D eigenvalue weighted by Crippen LogP contribution is 2.19. The lowest BCUT2D eigenvalue weighted by molar-refractivity contribution is -0.138. The highest BCUT2D eigenvalue weighted by atomic mass is 127. The van der Waals surface area contributed by atoms with Crippen molar-refractivity contribution in [2.24, 2.45) is 0 Å². The number of carboxylic acids is 1. The summed E-state index contributed by atoms with van der Waals surface area (Å²) in [4.78, 5) is 22.1. The topological polar surface area (TPSA) is 86.6 Å². The Hall–Kier alpha value is -1.31. The minimum Gasteiger partial charge on any atom is -0.507 e. The van der Waals surface area contributed by atoms with Crippen LogP contribution in [0.15, 0.2) is 18.2 Å². The van der Waals surface area contributed by atoms with E-state index in [-0.39, 0.29) is 11.3 Å². The molecule has 0 unspecified atom stereocenters. The Kier molecular flexibility index (Phi) is 4.11. The fraction of sp³-hybridized carbons (Fsp3) is 0.200. The van der Waals surface area contributed by atoms with Crippen LogP contribution in [-0.2, 0) is 4.79 Å². The summed E-state index contributed by atoms with van der Waals surface area (Å²) in [5.74, 6) is -1.90. The number of halogens is 1. The standard InChI is InChI=1S/C10H10INO4/c1-5(10(15)16)12-9(14)7-4-6(11)2-3-8(7)13/h2-5,13H,1H3,(H,12,14)(H,15,16)/t5-/m0/s1. The molecule has 0 saturated carbocycles. The van der Waals surface area contributed by atoms with Gasteiger partial charge in [0.1, 0.15) is 11.8 Å². The van der Waals surface area contributed by atoms with E-state index in [1.165, 1.54) is 19.1 Å². The predicted octanol–water partition coefficient (Wildman–Crippen LogP) is 1.20. The maximum absolute atomic E-state index is 11.6. The number of carbonyl (C=O) groups is 2. The van der Waals surface area contributed by atoms with Gasteiger partial charge in [-0.1, -0.05) is 0 Å². The number of hydrogen-bond acceptors (Lipinski definition) is 3. The zero-order valence-electron chi connectivity index (χ0n) is 8.40. The van der Waals surface area contributed by atoms with Gasteiger partial charge >= 0.3 is 5.97 Å². The Morgan fingerprint density at radius 3 is 2.62 bits per heavy atom. The van der Waals surface area contributed by atoms with Gasteiger partial charge < -0.3 is 15.5 Å². The summed E-state index contributed by atoms with van der Waals surface area (Å²) >= 11 is 2.00. The zero-order chi connectivity index (χ0) is 12.3. The van der Waals surface area contributed by atoms with Crippen LogP contribution in [0.5, 0.6) is 5.75 Å². The number of hydrogen-bond donors (Lipinski definition) is 3. The van der Waals surface area contributed by atoms with Gasteiger partial charge in [-0.3, -0.25) is 9.59 Å². The van der Waals surface area contributed by atoms with E-state index < -0.39 is 17.9 Å². The van der Waals surface area contributed by atoms with Crippen molar-refractivity contribution in [2.45, 2.75) is 13.0 Å². The molecule has 1 rings (SSSR count). The van der Waals surface area contributed by atoms with Crippen molar-refractivity contribution >= 4 is 34.5 Å². The van der Waals surface area contributed by atoms with Crippen molar-refractivity contribution in [1.82, 2.24) is 5.32 Å². The normalized spacial score (nSPS) is 11.9. The van der Waals surface area contributed by atoms with Gasteiger partial charge in [-0.25, -0.2) is 0 Å². The first-order chi connectivity index (χ1) is 7.41. The molecule has 6 heteroatoms. The van der Waals surface area contributed by atoms with Crippen molar-refractivity contribution < 1.29 is 19.8 Å². The molecular weight excluding hydrogens is 325 g/mol. The summed E-state index contributed by atoms with van der Waals surface area (Å²) < 4.78 is 0.781. The maximum atomic E-state index is 11.6. The lowest BCUT2D eigenvalue weighted by Gasteiger charge is -2.10. The van der Waals surface area contributed by atoms with Crippen LogP contribution in [0.3, 0.4) is 0 Å². The third-order valence-electron chi connectivity index (χ3n) is 1.92. The quantitative estimate of drug-likeness (QED) is 0.725. The SMILES string of the molecule is C[C@H](NC(=O)c1cc(I)ccc1O)C(=O)O. The third kappa shape index (κ3) is 3.09. The molecule has 0 radical (unpaired) electrons. The molecule has 1 amide bonds. The Labute approximate surface area is 106 Å². The molecule has 5 nitrogen and oxygen atoms in total. The average Bonchev–Trinajstić information content (AvgIpc) is 2.21. The van der Waals surface area contributed by atoms with Crippen molar-refractivity contribution in [1.29, 1.82) is 0 Å². The molecule has 3 N–H and O–H groups in total. The first-order valence-corrected chi connectivity index (χ1v) is 5.52. The Balaban J connectivity index is 2.88. The molecule has 1 aromatic rings. The molecule has 1 atom stereocenters. The van der Waals surface area contributed by atoms with E-state index in [1.807, 2.05) is 22.6 Å². The van der Waals surface area contributed by atoms with Gasteiger partial charge in [-0.05, 0) is 47.7 Å². The monoisotopic (exact) mass is 335 g/mol. The van der Waals surface area contributed by atoms with E-state index in [0.29, 0.717) is 0 Å². The second-order valence-electron chi connectivity index (χ2n) is 3.19. The lowest BCUT2D eigenvalue weighted by atomic mass is 10.2. The van der Waals surface area contributed by atoms with Gasteiger partial charge in [-0.2, -0.15) is 0 Å². The van der Waals surface area contributed by atoms with Crippen LogP contribution >= 0.6 is 22.6 Å². The summed E-state index contributed by atoms with van der Waals surface area (Å²) in [7, 11) is 0.